The Labute approximate surface area is 135 Å². The Morgan fingerprint density at radius 2 is 1.95 bits per heavy atom. The number of aliphatic imine (C=N–C) groups is 1. The van der Waals surface area contributed by atoms with E-state index >= 15 is 0 Å². The first-order valence-electron chi connectivity index (χ1n) is 6.44. The number of nitrogens with zero attached hydrogens (tertiary/aromatic N) is 2. The third-order valence-electron chi connectivity index (χ3n) is 3.04. The second-order valence-electron chi connectivity index (χ2n) is 4.58. The van der Waals surface area contributed by atoms with Crippen molar-refractivity contribution in [1.29, 1.82) is 5.26 Å². The minimum absolute atomic E-state index is 0.236. The van der Waals surface area contributed by atoms with Gasteiger partial charge in [-0.25, -0.2) is 9.79 Å². The van der Waals surface area contributed by atoms with Crippen molar-refractivity contribution in [2.75, 3.05) is 0 Å². The molecule has 0 bridgehead atoms. The Morgan fingerprint density at radius 1 is 1.18 bits per heavy atom. The average Bonchev–Trinajstić information content (AvgIpc) is 2.89. The number of carbonyl (C=O) groups excluding carboxylic acids is 1. The monoisotopic (exact) mass is 352 g/mol. The summed E-state index contributed by atoms with van der Waals surface area (Å²) in [6.07, 6.45) is 1.63. The van der Waals surface area contributed by atoms with E-state index in [2.05, 4.69) is 20.9 Å². The summed E-state index contributed by atoms with van der Waals surface area (Å²) in [6, 6.07) is 16.3. The second kappa shape index (κ2) is 5.96. The second-order valence-corrected chi connectivity index (χ2v) is 5.50. The van der Waals surface area contributed by atoms with Gasteiger partial charge in [-0.1, -0.05) is 34.1 Å². The van der Waals surface area contributed by atoms with Crippen LogP contribution < -0.4 is 0 Å². The van der Waals surface area contributed by atoms with Gasteiger partial charge in [0.2, 0.25) is 5.90 Å². The smallest absolute Gasteiger partial charge is 0.363 e. The predicted octanol–water partition coefficient (Wildman–Crippen LogP) is 3.67. The number of benzene rings is 2. The van der Waals surface area contributed by atoms with Crippen molar-refractivity contribution < 1.29 is 9.53 Å². The Hall–Kier alpha value is -2.71. The van der Waals surface area contributed by atoms with Crippen LogP contribution in [-0.2, 0) is 9.53 Å². The van der Waals surface area contributed by atoms with Gasteiger partial charge in [-0.15, -0.1) is 0 Å². The molecule has 106 valence electrons. The van der Waals surface area contributed by atoms with E-state index in [0.717, 1.165) is 15.6 Å². The highest BCUT2D eigenvalue weighted by molar-refractivity contribution is 9.10. The van der Waals surface area contributed by atoms with Crippen LogP contribution in [0.1, 0.15) is 16.7 Å². The van der Waals surface area contributed by atoms with Crippen molar-refractivity contribution in [3.8, 4) is 6.07 Å². The Morgan fingerprint density at radius 3 is 2.64 bits per heavy atom. The minimum atomic E-state index is -0.487. The first kappa shape index (κ1) is 14.2. The maximum atomic E-state index is 11.9. The molecule has 2 aromatic carbocycles. The van der Waals surface area contributed by atoms with Crippen molar-refractivity contribution in [2.24, 2.45) is 4.99 Å². The van der Waals surface area contributed by atoms with Gasteiger partial charge >= 0.3 is 5.97 Å². The molecule has 0 saturated carbocycles. The van der Waals surface area contributed by atoms with Crippen LogP contribution in [0.5, 0.6) is 0 Å². The van der Waals surface area contributed by atoms with E-state index < -0.39 is 5.97 Å². The van der Waals surface area contributed by atoms with Gasteiger partial charge in [0.25, 0.3) is 0 Å². The quantitative estimate of drug-likeness (QED) is 0.611. The molecule has 22 heavy (non-hydrogen) atoms. The molecule has 0 unspecified atom stereocenters. The summed E-state index contributed by atoms with van der Waals surface area (Å²) >= 11 is 3.37. The van der Waals surface area contributed by atoms with Gasteiger partial charge in [0.1, 0.15) is 0 Å². The molecule has 1 aliphatic heterocycles. The fourth-order valence-electron chi connectivity index (χ4n) is 1.97. The van der Waals surface area contributed by atoms with Crippen LogP contribution in [0.25, 0.3) is 6.08 Å². The lowest BCUT2D eigenvalue weighted by atomic mass is 10.1. The van der Waals surface area contributed by atoms with Gasteiger partial charge in [0, 0.05) is 10.0 Å². The van der Waals surface area contributed by atoms with Gasteiger partial charge in [0.15, 0.2) is 5.70 Å². The third kappa shape index (κ3) is 2.97. The largest absolute Gasteiger partial charge is 0.402 e. The zero-order valence-corrected chi connectivity index (χ0v) is 12.9. The molecule has 4 nitrogen and oxygen atoms in total. The Balaban J connectivity index is 1.92. The van der Waals surface area contributed by atoms with Gasteiger partial charge in [-0.3, -0.25) is 0 Å². The molecule has 0 fully saturated rings. The number of cyclic esters (lactones) is 1. The van der Waals surface area contributed by atoms with Gasteiger partial charge < -0.3 is 4.74 Å². The van der Waals surface area contributed by atoms with Crippen molar-refractivity contribution in [2.45, 2.75) is 0 Å². The summed E-state index contributed by atoms with van der Waals surface area (Å²) < 4.78 is 6.08. The number of esters is 1. The molecule has 2 aromatic rings. The van der Waals surface area contributed by atoms with E-state index in [1.54, 1.807) is 30.3 Å². The molecule has 0 atom stereocenters. The first-order chi connectivity index (χ1) is 10.7. The van der Waals surface area contributed by atoms with E-state index in [1.165, 1.54) is 0 Å². The van der Waals surface area contributed by atoms with Crippen molar-refractivity contribution in [3.63, 3.8) is 0 Å². The Bertz CT molecular complexity index is 846. The number of halogens is 1. The lowest BCUT2D eigenvalue weighted by Crippen LogP contribution is -2.05. The number of hydrogen-bond acceptors (Lipinski definition) is 4. The van der Waals surface area contributed by atoms with Crippen molar-refractivity contribution >= 4 is 33.9 Å². The fourth-order valence-corrected chi connectivity index (χ4v) is 2.37. The highest BCUT2D eigenvalue weighted by Gasteiger charge is 2.24. The zero-order chi connectivity index (χ0) is 15.5. The average molecular weight is 353 g/mol. The topological polar surface area (TPSA) is 62.4 Å². The van der Waals surface area contributed by atoms with Crippen LogP contribution in [0.4, 0.5) is 0 Å². The molecule has 0 radical (unpaired) electrons. The molecule has 0 aliphatic carbocycles. The van der Waals surface area contributed by atoms with Crippen LogP contribution >= 0.6 is 15.9 Å². The maximum absolute atomic E-state index is 11.9. The summed E-state index contributed by atoms with van der Waals surface area (Å²) in [6.45, 7) is 0. The predicted molar refractivity (Wildman–Crippen MR) is 85.9 cm³/mol. The number of hydrogen-bond donors (Lipinski definition) is 0. The number of rotatable bonds is 2. The highest BCUT2D eigenvalue weighted by Crippen LogP contribution is 2.21. The standard InChI is InChI=1S/C17H9BrN2O2/c18-14-3-1-2-13(9-14)16-20-15(17(21)22-16)8-11-4-6-12(10-19)7-5-11/h1-9H/b15-8+. The Kier molecular flexibility index (Phi) is 3.86. The first-order valence-corrected chi connectivity index (χ1v) is 7.24. The molecule has 1 heterocycles. The zero-order valence-electron chi connectivity index (χ0n) is 11.3. The summed E-state index contributed by atoms with van der Waals surface area (Å²) in [5, 5.41) is 8.77. The fraction of sp³-hybridized carbons (Fsp3) is 0. The molecule has 0 amide bonds. The molecule has 1 aliphatic rings. The summed E-state index contributed by atoms with van der Waals surface area (Å²) in [7, 11) is 0. The molecular weight excluding hydrogens is 344 g/mol. The molecule has 3 rings (SSSR count). The van der Waals surface area contributed by atoms with Crippen LogP contribution in [0.15, 0.2) is 63.7 Å². The number of ether oxygens (including phenoxy) is 1. The van der Waals surface area contributed by atoms with E-state index in [-0.39, 0.29) is 11.6 Å². The van der Waals surface area contributed by atoms with Gasteiger partial charge in [0.05, 0.1) is 11.6 Å². The van der Waals surface area contributed by atoms with Crippen LogP contribution in [0.2, 0.25) is 0 Å². The van der Waals surface area contributed by atoms with Crippen LogP contribution in [0.3, 0.4) is 0 Å². The summed E-state index contributed by atoms with van der Waals surface area (Å²) in [5.41, 5.74) is 2.31. The number of carbonyl (C=O) groups is 1. The van der Waals surface area contributed by atoms with Crippen molar-refractivity contribution in [3.05, 3.63) is 75.4 Å². The summed E-state index contributed by atoms with van der Waals surface area (Å²) in [4.78, 5) is 16.1. The van der Waals surface area contributed by atoms with Gasteiger partial charge in [-0.05, 0) is 42.0 Å². The van der Waals surface area contributed by atoms with Crippen molar-refractivity contribution in [1.82, 2.24) is 0 Å². The van der Waals surface area contributed by atoms with E-state index in [1.807, 2.05) is 30.3 Å². The molecule has 0 spiro atoms. The van der Waals surface area contributed by atoms with E-state index in [0.29, 0.717) is 5.56 Å². The normalized spacial score (nSPS) is 15.4. The van der Waals surface area contributed by atoms with E-state index in [9.17, 15) is 4.79 Å². The SMILES string of the molecule is N#Cc1ccc(/C=C2/N=C(c3cccc(Br)c3)OC2=O)cc1. The van der Waals surface area contributed by atoms with Crippen LogP contribution in [-0.4, -0.2) is 11.9 Å². The lowest BCUT2D eigenvalue weighted by molar-refractivity contribution is -0.129. The molecular formula is C17H9BrN2O2. The molecule has 5 heteroatoms. The molecule has 0 aromatic heterocycles. The maximum Gasteiger partial charge on any atom is 0.363 e. The highest BCUT2D eigenvalue weighted by atomic mass is 79.9. The number of nitriles is 1. The lowest BCUT2D eigenvalue weighted by Gasteiger charge is -1.99. The minimum Gasteiger partial charge on any atom is -0.402 e. The molecule has 0 N–H and O–H groups in total. The van der Waals surface area contributed by atoms with E-state index in [4.69, 9.17) is 10.00 Å². The van der Waals surface area contributed by atoms with Crippen LogP contribution in [0, 0.1) is 11.3 Å². The molecule has 0 saturated heterocycles. The third-order valence-corrected chi connectivity index (χ3v) is 3.53. The van der Waals surface area contributed by atoms with Gasteiger partial charge in [-0.2, -0.15) is 5.26 Å². The summed E-state index contributed by atoms with van der Waals surface area (Å²) in [5.74, 6) is -0.203.